The minimum atomic E-state index is 0.0331. The number of nitrogens with zero attached hydrogens (tertiary/aromatic N) is 3. The Balaban J connectivity index is 1.43. The smallest absolute Gasteiger partial charge is 0.321 e. The van der Waals surface area contributed by atoms with Crippen molar-refractivity contribution in [3.8, 4) is 0 Å². The number of carbonyl (C=O) groups is 1. The molecule has 28 heavy (non-hydrogen) atoms. The first-order valence-corrected chi connectivity index (χ1v) is 10.9. The molecule has 1 aromatic rings. The molecule has 3 atom stereocenters. The second-order valence-electron chi connectivity index (χ2n) is 8.59. The molecule has 0 radical (unpaired) electrons. The molecule has 0 saturated carbocycles. The lowest BCUT2D eigenvalue weighted by Crippen LogP contribution is -2.50. The molecule has 4 rings (SSSR count). The molecule has 0 aliphatic carbocycles. The maximum atomic E-state index is 13.0. The summed E-state index contributed by atoms with van der Waals surface area (Å²) in [6, 6.07) is 8.71. The molecule has 6 heteroatoms. The number of para-hydroxylation sites is 2. The number of benzene rings is 1. The Morgan fingerprint density at radius 3 is 2.46 bits per heavy atom. The molecule has 3 aliphatic rings. The third kappa shape index (κ3) is 4.44. The van der Waals surface area contributed by atoms with Gasteiger partial charge in [-0.05, 0) is 64.8 Å². The molecule has 6 nitrogen and oxygen atoms in total. The number of rotatable bonds is 3. The van der Waals surface area contributed by atoms with Crippen LogP contribution in [-0.2, 0) is 4.74 Å². The summed E-state index contributed by atoms with van der Waals surface area (Å²) in [5.41, 5.74) is 1.99. The molecule has 0 bridgehead atoms. The van der Waals surface area contributed by atoms with Crippen molar-refractivity contribution in [1.29, 1.82) is 0 Å². The summed E-state index contributed by atoms with van der Waals surface area (Å²) in [5, 5.41) is 3.20. The largest absolute Gasteiger partial charge is 0.372 e. The number of likely N-dealkylation sites (tertiary alicyclic amines) is 2. The Labute approximate surface area is 168 Å². The third-order valence-corrected chi connectivity index (χ3v) is 6.25. The maximum absolute atomic E-state index is 13.0. The summed E-state index contributed by atoms with van der Waals surface area (Å²) < 4.78 is 5.87. The number of amides is 2. The van der Waals surface area contributed by atoms with Crippen molar-refractivity contribution >= 4 is 17.4 Å². The molecule has 2 amide bonds. The van der Waals surface area contributed by atoms with Crippen LogP contribution in [-0.4, -0.2) is 73.3 Å². The van der Waals surface area contributed by atoms with Crippen molar-refractivity contribution < 1.29 is 9.53 Å². The van der Waals surface area contributed by atoms with Crippen LogP contribution >= 0.6 is 0 Å². The maximum Gasteiger partial charge on any atom is 0.321 e. The Morgan fingerprint density at radius 1 is 1.00 bits per heavy atom. The fourth-order valence-corrected chi connectivity index (χ4v) is 4.97. The fourth-order valence-electron chi connectivity index (χ4n) is 4.97. The Morgan fingerprint density at radius 2 is 1.71 bits per heavy atom. The summed E-state index contributed by atoms with van der Waals surface area (Å²) in [4.78, 5) is 20.0. The normalized spacial score (nSPS) is 29.1. The summed E-state index contributed by atoms with van der Waals surface area (Å²) in [5.74, 6) is 0. The average Bonchev–Trinajstić information content (AvgIpc) is 3.22. The van der Waals surface area contributed by atoms with Gasteiger partial charge >= 0.3 is 6.03 Å². The highest BCUT2D eigenvalue weighted by atomic mass is 16.5. The minimum absolute atomic E-state index is 0.0331. The van der Waals surface area contributed by atoms with E-state index in [1.54, 1.807) is 0 Å². The SMILES string of the molecule is C[C@@H]1CN(c2ccccc2NC(=O)N2CCC[C@@H](N3CCCC3)C2)C[C@@H](C)O1. The number of carbonyl (C=O) groups excluding carboxylic acids is 1. The zero-order valence-corrected chi connectivity index (χ0v) is 17.3. The molecule has 0 spiro atoms. The zero-order valence-electron chi connectivity index (χ0n) is 17.3. The van der Waals surface area contributed by atoms with E-state index in [0.717, 1.165) is 44.0 Å². The lowest BCUT2D eigenvalue weighted by molar-refractivity contribution is -0.00517. The summed E-state index contributed by atoms with van der Waals surface area (Å²) in [6.07, 6.45) is 5.28. The molecular weight excluding hydrogens is 352 g/mol. The molecule has 1 aromatic carbocycles. The van der Waals surface area contributed by atoms with Crippen LogP contribution in [0.2, 0.25) is 0 Å². The molecule has 1 N–H and O–H groups in total. The quantitative estimate of drug-likeness (QED) is 0.865. The van der Waals surface area contributed by atoms with Crippen molar-refractivity contribution in [2.24, 2.45) is 0 Å². The van der Waals surface area contributed by atoms with E-state index in [0.29, 0.717) is 6.04 Å². The van der Waals surface area contributed by atoms with Crippen LogP contribution in [0.5, 0.6) is 0 Å². The molecular formula is C22H34N4O2. The van der Waals surface area contributed by atoms with E-state index in [9.17, 15) is 4.79 Å². The van der Waals surface area contributed by atoms with Crippen LogP contribution < -0.4 is 10.2 Å². The first-order valence-electron chi connectivity index (χ1n) is 10.9. The van der Waals surface area contributed by atoms with Gasteiger partial charge in [0.25, 0.3) is 0 Å². The molecule has 3 aliphatic heterocycles. The Hall–Kier alpha value is -1.79. The molecule has 0 unspecified atom stereocenters. The fraction of sp³-hybridized carbons (Fsp3) is 0.682. The number of ether oxygens (including phenoxy) is 1. The lowest BCUT2D eigenvalue weighted by Gasteiger charge is -2.39. The van der Waals surface area contributed by atoms with Gasteiger partial charge in [0.15, 0.2) is 0 Å². The van der Waals surface area contributed by atoms with Gasteiger partial charge in [-0.2, -0.15) is 0 Å². The molecule has 3 fully saturated rings. The van der Waals surface area contributed by atoms with Gasteiger partial charge in [-0.15, -0.1) is 0 Å². The van der Waals surface area contributed by atoms with E-state index in [1.165, 1.54) is 32.4 Å². The number of morpholine rings is 1. The average molecular weight is 387 g/mol. The van der Waals surface area contributed by atoms with Gasteiger partial charge in [0.05, 0.1) is 23.6 Å². The highest BCUT2D eigenvalue weighted by Gasteiger charge is 2.30. The van der Waals surface area contributed by atoms with Gasteiger partial charge in [-0.1, -0.05) is 12.1 Å². The predicted octanol–water partition coefficient (Wildman–Crippen LogP) is 3.39. The van der Waals surface area contributed by atoms with E-state index >= 15 is 0 Å². The second kappa shape index (κ2) is 8.70. The number of anilines is 2. The number of nitrogens with one attached hydrogen (secondary N) is 1. The minimum Gasteiger partial charge on any atom is -0.372 e. The van der Waals surface area contributed by atoms with E-state index in [-0.39, 0.29) is 18.2 Å². The first-order chi connectivity index (χ1) is 13.6. The Kier molecular flexibility index (Phi) is 6.07. The number of hydrogen-bond donors (Lipinski definition) is 1. The van der Waals surface area contributed by atoms with E-state index in [2.05, 4.69) is 35.0 Å². The number of hydrogen-bond acceptors (Lipinski definition) is 4. The first kappa shape index (κ1) is 19.5. The van der Waals surface area contributed by atoms with Gasteiger partial charge in [0, 0.05) is 32.2 Å². The van der Waals surface area contributed by atoms with Gasteiger partial charge in [0.1, 0.15) is 0 Å². The van der Waals surface area contributed by atoms with Gasteiger partial charge in [-0.3, -0.25) is 4.90 Å². The van der Waals surface area contributed by atoms with Gasteiger partial charge in [-0.25, -0.2) is 4.79 Å². The highest BCUT2D eigenvalue weighted by molar-refractivity contribution is 5.93. The number of urea groups is 1. The van der Waals surface area contributed by atoms with Crippen LogP contribution in [0.4, 0.5) is 16.2 Å². The van der Waals surface area contributed by atoms with Crippen LogP contribution in [0.3, 0.4) is 0 Å². The van der Waals surface area contributed by atoms with Crippen LogP contribution in [0.1, 0.15) is 39.5 Å². The van der Waals surface area contributed by atoms with Crippen molar-refractivity contribution in [1.82, 2.24) is 9.80 Å². The van der Waals surface area contributed by atoms with E-state index < -0.39 is 0 Å². The van der Waals surface area contributed by atoms with E-state index in [1.807, 2.05) is 23.1 Å². The lowest BCUT2D eigenvalue weighted by atomic mass is 10.0. The monoisotopic (exact) mass is 386 g/mol. The molecule has 3 heterocycles. The van der Waals surface area contributed by atoms with Crippen LogP contribution in [0.25, 0.3) is 0 Å². The zero-order chi connectivity index (χ0) is 19.5. The second-order valence-corrected chi connectivity index (χ2v) is 8.59. The number of piperidine rings is 1. The van der Waals surface area contributed by atoms with Crippen LogP contribution in [0, 0.1) is 0 Å². The topological polar surface area (TPSA) is 48.1 Å². The van der Waals surface area contributed by atoms with Crippen molar-refractivity contribution in [3.63, 3.8) is 0 Å². The standard InChI is InChI=1S/C22H34N4O2/c1-17-14-26(15-18(2)28-17)21-10-4-3-9-20(21)23-22(27)25-13-7-8-19(16-25)24-11-5-6-12-24/h3-4,9-10,17-19H,5-8,11-16H2,1-2H3,(H,23,27)/t17-,18-,19-/m1/s1. The summed E-state index contributed by atoms with van der Waals surface area (Å²) in [6.45, 7) is 9.98. The van der Waals surface area contributed by atoms with Gasteiger partial charge in [0.2, 0.25) is 0 Å². The third-order valence-electron chi connectivity index (χ3n) is 6.25. The predicted molar refractivity (Wildman–Crippen MR) is 113 cm³/mol. The van der Waals surface area contributed by atoms with Crippen molar-refractivity contribution in [2.75, 3.05) is 49.5 Å². The molecule has 0 aromatic heterocycles. The summed E-state index contributed by atoms with van der Waals surface area (Å²) >= 11 is 0. The highest BCUT2D eigenvalue weighted by Crippen LogP contribution is 2.29. The molecule has 3 saturated heterocycles. The van der Waals surface area contributed by atoms with Crippen molar-refractivity contribution in [2.45, 2.75) is 57.8 Å². The van der Waals surface area contributed by atoms with Crippen LogP contribution in [0.15, 0.2) is 24.3 Å². The molecule has 154 valence electrons. The van der Waals surface area contributed by atoms with Gasteiger partial charge < -0.3 is 19.9 Å². The summed E-state index contributed by atoms with van der Waals surface area (Å²) in [7, 11) is 0. The van der Waals surface area contributed by atoms with E-state index in [4.69, 9.17) is 4.74 Å². The Bertz CT molecular complexity index is 666. The van der Waals surface area contributed by atoms with Crippen molar-refractivity contribution in [3.05, 3.63) is 24.3 Å².